The lowest BCUT2D eigenvalue weighted by Gasteiger charge is -2.16. The number of hydrogen-bond acceptors (Lipinski definition) is 3. The maximum Gasteiger partial charge on any atom is 0.419 e. The summed E-state index contributed by atoms with van der Waals surface area (Å²) < 4.78 is 51.1. The average molecular weight is 285 g/mol. The maximum absolute atomic E-state index is 13.6. The van der Waals surface area contributed by atoms with Crippen LogP contribution in [0.2, 0.25) is 0 Å². The fraction of sp³-hybridized carbons (Fsp3) is 0.231. The summed E-state index contributed by atoms with van der Waals surface area (Å²) in [6.07, 6.45) is -1.69. The molecular formula is C13H11F4N3. The standard InChI is InChI=1S/C13H11F4N3/c1-18-11(12-19-5-2-6-20-12)8-3-4-9(10(14)7-8)13(15,16)17/h2-7,11,18H,1H3. The highest BCUT2D eigenvalue weighted by Gasteiger charge is 2.34. The van der Waals surface area contributed by atoms with Crippen molar-refractivity contribution in [2.24, 2.45) is 0 Å². The van der Waals surface area contributed by atoms with Gasteiger partial charge in [-0.15, -0.1) is 0 Å². The van der Waals surface area contributed by atoms with Crippen molar-refractivity contribution in [1.29, 1.82) is 0 Å². The van der Waals surface area contributed by atoms with Gasteiger partial charge in [-0.05, 0) is 30.8 Å². The van der Waals surface area contributed by atoms with E-state index in [9.17, 15) is 17.6 Å². The predicted octanol–water partition coefficient (Wildman–Crippen LogP) is 2.94. The van der Waals surface area contributed by atoms with E-state index in [-0.39, 0.29) is 0 Å². The van der Waals surface area contributed by atoms with Crippen molar-refractivity contribution >= 4 is 0 Å². The fourth-order valence-corrected chi connectivity index (χ4v) is 1.85. The second-order valence-electron chi connectivity index (χ2n) is 4.07. The number of aromatic nitrogens is 2. The van der Waals surface area contributed by atoms with Crippen molar-refractivity contribution in [1.82, 2.24) is 15.3 Å². The molecule has 0 radical (unpaired) electrons. The zero-order valence-corrected chi connectivity index (χ0v) is 10.4. The normalized spacial score (nSPS) is 13.2. The molecule has 1 atom stereocenters. The van der Waals surface area contributed by atoms with Gasteiger partial charge in [0.1, 0.15) is 11.6 Å². The number of benzene rings is 1. The van der Waals surface area contributed by atoms with Crippen LogP contribution in [0.1, 0.15) is 23.0 Å². The Morgan fingerprint density at radius 1 is 1.15 bits per heavy atom. The van der Waals surface area contributed by atoms with Gasteiger partial charge >= 0.3 is 6.18 Å². The Balaban J connectivity index is 2.40. The molecule has 0 spiro atoms. The minimum Gasteiger partial charge on any atom is -0.307 e. The van der Waals surface area contributed by atoms with Gasteiger partial charge in [0.05, 0.1) is 11.6 Å². The second kappa shape index (κ2) is 5.54. The topological polar surface area (TPSA) is 37.8 Å². The van der Waals surface area contributed by atoms with Crippen LogP contribution in [0.3, 0.4) is 0 Å². The van der Waals surface area contributed by atoms with Gasteiger partial charge in [0.2, 0.25) is 0 Å². The summed E-state index contributed by atoms with van der Waals surface area (Å²) in [4.78, 5) is 8.02. The number of rotatable bonds is 3. The van der Waals surface area contributed by atoms with E-state index in [1.165, 1.54) is 18.5 Å². The highest BCUT2D eigenvalue weighted by Crippen LogP contribution is 2.32. The van der Waals surface area contributed by atoms with Crippen LogP contribution in [-0.2, 0) is 6.18 Å². The molecule has 0 saturated heterocycles. The monoisotopic (exact) mass is 285 g/mol. The fourth-order valence-electron chi connectivity index (χ4n) is 1.85. The lowest BCUT2D eigenvalue weighted by atomic mass is 10.0. The highest BCUT2D eigenvalue weighted by molar-refractivity contribution is 5.31. The van der Waals surface area contributed by atoms with Gasteiger partial charge in [0.15, 0.2) is 0 Å². The number of nitrogens with one attached hydrogen (secondary N) is 1. The first-order valence-corrected chi connectivity index (χ1v) is 5.74. The average Bonchev–Trinajstić information content (AvgIpc) is 2.39. The third kappa shape index (κ3) is 2.93. The number of hydrogen-bond donors (Lipinski definition) is 1. The summed E-state index contributed by atoms with van der Waals surface area (Å²) in [5.41, 5.74) is -0.964. The molecule has 3 nitrogen and oxygen atoms in total. The molecule has 106 valence electrons. The first-order chi connectivity index (χ1) is 9.43. The Morgan fingerprint density at radius 3 is 2.30 bits per heavy atom. The third-order valence-electron chi connectivity index (χ3n) is 2.76. The van der Waals surface area contributed by atoms with Crippen molar-refractivity contribution in [3.8, 4) is 0 Å². The maximum atomic E-state index is 13.6. The van der Waals surface area contributed by atoms with Crippen molar-refractivity contribution in [2.75, 3.05) is 7.05 Å². The van der Waals surface area contributed by atoms with E-state index >= 15 is 0 Å². The Morgan fingerprint density at radius 2 is 1.80 bits per heavy atom. The second-order valence-corrected chi connectivity index (χ2v) is 4.07. The number of halogens is 4. The smallest absolute Gasteiger partial charge is 0.307 e. The summed E-state index contributed by atoms with van der Waals surface area (Å²) in [7, 11) is 1.59. The molecule has 0 aliphatic rings. The number of alkyl halides is 3. The van der Waals surface area contributed by atoms with Crippen LogP contribution in [0.25, 0.3) is 0 Å². The van der Waals surface area contributed by atoms with E-state index in [4.69, 9.17) is 0 Å². The molecule has 0 fully saturated rings. The highest BCUT2D eigenvalue weighted by atomic mass is 19.4. The van der Waals surface area contributed by atoms with Crippen molar-refractivity contribution < 1.29 is 17.6 Å². The van der Waals surface area contributed by atoms with Crippen LogP contribution in [0.15, 0.2) is 36.7 Å². The molecule has 1 unspecified atom stereocenters. The summed E-state index contributed by atoms with van der Waals surface area (Å²) in [5.74, 6) is -0.958. The molecule has 1 aromatic carbocycles. The van der Waals surface area contributed by atoms with Gasteiger partial charge in [0, 0.05) is 12.4 Å². The van der Waals surface area contributed by atoms with Crippen LogP contribution in [0, 0.1) is 5.82 Å². The van der Waals surface area contributed by atoms with E-state index in [1.54, 1.807) is 13.1 Å². The minimum atomic E-state index is -4.71. The molecule has 0 aliphatic carbocycles. The largest absolute Gasteiger partial charge is 0.419 e. The van der Waals surface area contributed by atoms with Crippen molar-refractivity contribution in [3.63, 3.8) is 0 Å². The van der Waals surface area contributed by atoms with E-state index in [1.807, 2.05) is 0 Å². The summed E-state index contributed by atoms with van der Waals surface area (Å²) >= 11 is 0. The molecule has 1 aromatic heterocycles. The first-order valence-electron chi connectivity index (χ1n) is 5.74. The van der Waals surface area contributed by atoms with Crippen LogP contribution >= 0.6 is 0 Å². The number of nitrogens with zero attached hydrogens (tertiary/aromatic N) is 2. The van der Waals surface area contributed by atoms with Crippen molar-refractivity contribution in [3.05, 3.63) is 59.4 Å². The molecule has 1 heterocycles. The summed E-state index contributed by atoms with van der Waals surface area (Å²) in [6.45, 7) is 0. The molecule has 2 rings (SSSR count). The lowest BCUT2D eigenvalue weighted by Crippen LogP contribution is -2.20. The Labute approximate surface area is 112 Å². The van der Waals surface area contributed by atoms with Crippen LogP contribution in [0.5, 0.6) is 0 Å². The molecular weight excluding hydrogens is 274 g/mol. The molecule has 1 N–H and O–H groups in total. The van der Waals surface area contributed by atoms with E-state index < -0.39 is 23.6 Å². The quantitative estimate of drug-likeness (QED) is 0.881. The van der Waals surface area contributed by atoms with Gasteiger partial charge in [-0.2, -0.15) is 13.2 Å². The van der Waals surface area contributed by atoms with E-state index in [2.05, 4.69) is 15.3 Å². The molecule has 0 aliphatic heterocycles. The molecule has 20 heavy (non-hydrogen) atoms. The Hall–Kier alpha value is -2.02. The van der Waals surface area contributed by atoms with Crippen LogP contribution in [0.4, 0.5) is 17.6 Å². The van der Waals surface area contributed by atoms with Gasteiger partial charge in [-0.25, -0.2) is 14.4 Å². The molecule has 7 heteroatoms. The molecule has 0 amide bonds. The van der Waals surface area contributed by atoms with Crippen LogP contribution in [-0.4, -0.2) is 17.0 Å². The van der Waals surface area contributed by atoms with Crippen molar-refractivity contribution in [2.45, 2.75) is 12.2 Å². The minimum absolute atomic E-state index is 0.323. The van der Waals surface area contributed by atoms with Gasteiger partial charge < -0.3 is 5.32 Å². The Kier molecular flexibility index (Phi) is 3.99. The third-order valence-corrected chi connectivity index (χ3v) is 2.76. The SMILES string of the molecule is CNC(c1ccc(C(F)(F)F)c(F)c1)c1ncccn1. The van der Waals surface area contributed by atoms with E-state index in [0.29, 0.717) is 11.4 Å². The van der Waals surface area contributed by atoms with Crippen LogP contribution < -0.4 is 5.32 Å². The van der Waals surface area contributed by atoms with Gasteiger partial charge in [-0.1, -0.05) is 6.07 Å². The lowest BCUT2D eigenvalue weighted by molar-refractivity contribution is -0.140. The van der Waals surface area contributed by atoms with Gasteiger partial charge in [0.25, 0.3) is 0 Å². The molecule has 0 bridgehead atoms. The summed E-state index contributed by atoms with van der Waals surface area (Å²) in [6, 6.07) is 3.82. The zero-order chi connectivity index (χ0) is 14.8. The molecule has 0 saturated carbocycles. The van der Waals surface area contributed by atoms with E-state index in [0.717, 1.165) is 12.1 Å². The Bertz CT molecular complexity index is 584. The van der Waals surface area contributed by atoms with Gasteiger partial charge in [-0.3, -0.25) is 0 Å². The zero-order valence-electron chi connectivity index (χ0n) is 10.4. The summed E-state index contributed by atoms with van der Waals surface area (Å²) in [5, 5.41) is 2.85. The predicted molar refractivity (Wildman–Crippen MR) is 64.3 cm³/mol. The first kappa shape index (κ1) is 14.4. The molecule has 2 aromatic rings.